The molecule has 2 nitrogen and oxygen atoms in total. The monoisotopic (exact) mass is 256 g/mol. The van der Waals surface area contributed by atoms with E-state index in [1.54, 1.807) is 0 Å². The van der Waals surface area contributed by atoms with Gasteiger partial charge in [0.15, 0.2) is 0 Å². The predicted octanol–water partition coefficient (Wildman–Crippen LogP) is 2.93. The highest BCUT2D eigenvalue weighted by molar-refractivity contribution is 9.10. The molecule has 2 rings (SSSR count). The molecule has 14 heavy (non-hydrogen) atoms. The summed E-state index contributed by atoms with van der Waals surface area (Å²) in [5, 5.41) is 0. The van der Waals surface area contributed by atoms with Crippen molar-refractivity contribution in [3.63, 3.8) is 0 Å². The average Bonchev–Trinajstić information content (AvgIpc) is 2.47. The van der Waals surface area contributed by atoms with Crippen LogP contribution in [-0.2, 0) is 9.47 Å². The Morgan fingerprint density at radius 2 is 1.86 bits per heavy atom. The Kier molecular flexibility index (Phi) is 3.56. The minimum atomic E-state index is 0.200. The topological polar surface area (TPSA) is 18.5 Å². The van der Waals surface area contributed by atoms with Crippen LogP contribution in [0.3, 0.4) is 0 Å². The van der Waals surface area contributed by atoms with Crippen LogP contribution in [0.2, 0.25) is 0 Å². The van der Waals surface area contributed by atoms with E-state index in [-0.39, 0.29) is 6.10 Å². The molecule has 1 saturated heterocycles. The highest BCUT2D eigenvalue weighted by Gasteiger charge is 2.14. The lowest BCUT2D eigenvalue weighted by molar-refractivity contribution is 0.0536. The summed E-state index contributed by atoms with van der Waals surface area (Å²) in [7, 11) is 0. The Labute approximate surface area is 92.3 Å². The second-order valence-corrected chi connectivity index (χ2v) is 4.23. The largest absolute Gasteiger partial charge is 0.379 e. The molecule has 0 N–H and O–H groups in total. The van der Waals surface area contributed by atoms with Crippen LogP contribution in [0, 0.1) is 0 Å². The van der Waals surface area contributed by atoms with Crippen LogP contribution in [0.1, 0.15) is 18.1 Å². The molecule has 3 heteroatoms. The van der Waals surface area contributed by atoms with Crippen LogP contribution in [0.15, 0.2) is 28.7 Å². The molecule has 1 aromatic carbocycles. The first-order valence-corrected chi connectivity index (χ1v) is 5.60. The summed E-state index contributed by atoms with van der Waals surface area (Å²) in [6.07, 6.45) is 1.15. The van der Waals surface area contributed by atoms with Gasteiger partial charge in [0, 0.05) is 17.5 Å². The molecule has 0 aromatic heterocycles. The Morgan fingerprint density at radius 1 is 1.07 bits per heavy atom. The van der Waals surface area contributed by atoms with Gasteiger partial charge in [0.1, 0.15) is 0 Å². The van der Waals surface area contributed by atoms with Crippen molar-refractivity contribution in [1.82, 2.24) is 0 Å². The molecule has 1 aromatic rings. The molecular formula is C11H13BrO2. The molecular weight excluding hydrogens is 244 g/mol. The minimum absolute atomic E-state index is 0.200. The summed E-state index contributed by atoms with van der Waals surface area (Å²) in [5.41, 5.74) is 1.23. The first kappa shape index (κ1) is 10.1. The maximum atomic E-state index is 5.69. The molecule has 1 aliphatic rings. The van der Waals surface area contributed by atoms with Gasteiger partial charge >= 0.3 is 0 Å². The maximum absolute atomic E-state index is 5.69. The highest BCUT2D eigenvalue weighted by atomic mass is 79.9. The molecule has 0 saturated carbocycles. The molecule has 0 radical (unpaired) electrons. The van der Waals surface area contributed by atoms with E-state index in [4.69, 9.17) is 9.47 Å². The van der Waals surface area contributed by atoms with E-state index in [1.165, 1.54) is 5.56 Å². The predicted molar refractivity (Wildman–Crippen MR) is 58.3 cm³/mol. The summed E-state index contributed by atoms with van der Waals surface area (Å²) in [5.74, 6) is 0. The zero-order chi connectivity index (χ0) is 9.80. The number of hydrogen-bond acceptors (Lipinski definition) is 2. The second-order valence-electron chi connectivity index (χ2n) is 3.31. The summed E-state index contributed by atoms with van der Waals surface area (Å²) >= 11 is 3.42. The van der Waals surface area contributed by atoms with Crippen LogP contribution >= 0.6 is 15.9 Å². The van der Waals surface area contributed by atoms with Gasteiger partial charge in [0.2, 0.25) is 0 Å². The van der Waals surface area contributed by atoms with Crippen LogP contribution < -0.4 is 0 Å². The minimum Gasteiger partial charge on any atom is -0.379 e. The van der Waals surface area contributed by atoms with E-state index >= 15 is 0 Å². The Bertz CT molecular complexity index is 276. The summed E-state index contributed by atoms with van der Waals surface area (Å²) in [4.78, 5) is 0. The molecule has 76 valence electrons. The lowest BCUT2D eigenvalue weighted by atomic mass is 10.1. The van der Waals surface area contributed by atoms with Crippen molar-refractivity contribution in [2.45, 2.75) is 12.5 Å². The molecule has 1 aliphatic heterocycles. The summed E-state index contributed by atoms with van der Waals surface area (Å²) in [6.45, 7) is 2.20. The van der Waals surface area contributed by atoms with Gasteiger partial charge in [-0.3, -0.25) is 0 Å². The van der Waals surface area contributed by atoms with E-state index in [9.17, 15) is 0 Å². The highest BCUT2D eigenvalue weighted by Crippen LogP contribution is 2.24. The summed E-state index contributed by atoms with van der Waals surface area (Å²) in [6, 6.07) is 8.29. The van der Waals surface area contributed by atoms with Gasteiger partial charge in [-0.2, -0.15) is 0 Å². The van der Waals surface area contributed by atoms with Crippen molar-refractivity contribution < 1.29 is 9.47 Å². The van der Waals surface area contributed by atoms with Gasteiger partial charge in [-0.1, -0.05) is 28.1 Å². The first-order chi connectivity index (χ1) is 6.86. The van der Waals surface area contributed by atoms with Crippen LogP contribution in [0.4, 0.5) is 0 Å². The molecule has 0 spiro atoms. The average molecular weight is 257 g/mol. The molecule has 1 unspecified atom stereocenters. The molecule has 0 aliphatic carbocycles. The number of benzene rings is 1. The fourth-order valence-corrected chi connectivity index (χ4v) is 1.83. The normalized spacial score (nSPS) is 23.1. The number of ether oxygens (including phenoxy) is 2. The molecule has 0 bridgehead atoms. The third-order valence-corrected chi connectivity index (χ3v) is 2.84. The smallest absolute Gasteiger partial charge is 0.0848 e. The van der Waals surface area contributed by atoms with Crippen molar-refractivity contribution in [2.24, 2.45) is 0 Å². The Hall–Kier alpha value is -0.380. The van der Waals surface area contributed by atoms with Gasteiger partial charge < -0.3 is 9.47 Å². The first-order valence-electron chi connectivity index (χ1n) is 4.81. The standard InChI is InChI=1S/C11H13BrO2/c12-10-3-1-9(2-4-10)11-5-6-13-7-8-14-11/h1-4,11H,5-8H2. The van der Waals surface area contributed by atoms with E-state index in [2.05, 4.69) is 28.1 Å². The van der Waals surface area contributed by atoms with Crippen LogP contribution in [0.25, 0.3) is 0 Å². The number of rotatable bonds is 1. The SMILES string of the molecule is Brc1ccc(C2CCOCCO2)cc1. The van der Waals surface area contributed by atoms with Crippen LogP contribution in [0.5, 0.6) is 0 Å². The second kappa shape index (κ2) is 4.91. The van der Waals surface area contributed by atoms with Gasteiger partial charge in [0.25, 0.3) is 0 Å². The number of hydrogen-bond donors (Lipinski definition) is 0. The van der Waals surface area contributed by atoms with Crippen molar-refractivity contribution in [3.8, 4) is 0 Å². The lowest BCUT2D eigenvalue weighted by Gasteiger charge is -2.14. The lowest BCUT2D eigenvalue weighted by Crippen LogP contribution is -2.04. The zero-order valence-corrected chi connectivity index (χ0v) is 9.50. The van der Waals surface area contributed by atoms with Crippen LogP contribution in [-0.4, -0.2) is 19.8 Å². The van der Waals surface area contributed by atoms with E-state index in [0.717, 1.165) is 17.5 Å². The Morgan fingerprint density at radius 3 is 2.64 bits per heavy atom. The summed E-state index contributed by atoms with van der Waals surface area (Å²) < 4.78 is 12.1. The van der Waals surface area contributed by atoms with Gasteiger partial charge in [-0.15, -0.1) is 0 Å². The van der Waals surface area contributed by atoms with Crippen molar-refractivity contribution in [1.29, 1.82) is 0 Å². The maximum Gasteiger partial charge on any atom is 0.0848 e. The van der Waals surface area contributed by atoms with E-state index in [0.29, 0.717) is 13.2 Å². The van der Waals surface area contributed by atoms with E-state index < -0.39 is 0 Å². The van der Waals surface area contributed by atoms with E-state index in [1.807, 2.05) is 12.1 Å². The van der Waals surface area contributed by atoms with Gasteiger partial charge in [0.05, 0.1) is 19.3 Å². The molecule has 1 heterocycles. The van der Waals surface area contributed by atoms with Gasteiger partial charge in [-0.05, 0) is 17.7 Å². The van der Waals surface area contributed by atoms with Crippen molar-refractivity contribution >= 4 is 15.9 Å². The quantitative estimate of drug-likeness (QED) is 0.770. The van der Waals surface area contributed by atoms with Crippen molar-refractivity contribution in [3.05, 3.63) is 34.3 Å². The Balaban J connectivity index is 2.08. The fraction of sp³-hybridized carbons (Fsp3) is 0.455. The third kappa shape index (κ3) is 2.56. The molecule has 0 amide bonds. The number of halogens is 1. The van der Waals surface area contributed by atoms with Crippen molar-refractivity contribution in [2.75, 3.05) is 19.8 Å². The zero-order valence-electron chi connectivity index (χ0n) is 7.91. The third-order valence-electron chi connectivity index (χ3n) is 2.31. The van der Waals surface area contributed by atoms with Gasteiger partial charge in [-0.25, -0.2) is 0 Å². The molecule has 1 fully saturated rings. The molecule has 1 atom stereocenters. The fourth-order valence-electron chi connectivity index (χ4n) is 1.57.